The second kappa shape index (κ2) is 6.12. The van der Waals surface area contributed by atoms with E-state index in [4.69, 9.17) is 5.26 Å². The molecule has 1 saturated carbocycles. The molecule has 0 aliphatic heterocycles. The lowest BCUT2D eigenvalue weighted by Gasteiger charge is -2.25. The van der Waals surface area contributed by atoms with E-state index >= 15 is 0 Å². The first-order valence-corrected chi connectivity index (χ1v) is 6.26. The maximum Gasteiger partial charge on any atom is 0.0683 e. The van der Waals surface area contributed by atoms with Gasteiger partial charge in [0.25, 0.3) is 0 Å². The zero-order chi connectivity index (χ0) is 11.1. The molecule has 0 spiro atoms. The highest BCUT2D eigenvalue weighted by Gasteiger charge is 2.17. The van der Waals surface area contributed by atoms with Crippen LogP contribution in [0.5, 0.6) is 0 Å². The molecule has 1 rings (SSSR count). The molecule has 1 aliphatic rings. The lowest BCUT2D eigenvalue weighted by molar-refractivity contribution is 0.300. The van der Waals surface area contributed by atoms with Crippen molar-refractivity contribution < 1.29 is 0 Å². The smallest absolute Gasteiger partial charge is 0.0683 e. The number of hydrogen-bond acceptors (Lipinski definition) is 2. The Kier molecular flexibility index (Phi) is 5.11. The Morgan fingerprint density at radius 2 is 2.07 bits per heavy atom. The van der Waals surface area contributed by atoms with Gasteiger partial charge in [-0.3, -0.25) is 0 Å². The van der Waals surface area contributed by atoms with Gasteiger partial charge >= 0.3 is 0 Å². The SMILES string of the molecule is CC(C)(C#N)CCCCNCC1CCC1. The summed E-state index contributed by atoms with van der Waals surface area (Å²) in [7, 11) is 0. The monoisotopic (exact) mass is 208 g/mol. The Morgan fingerprint density at radius 3 is 2.60 bits per heavy atom. The van der Waals surface area contributed by atoms with Gasteiger partial charge in [0.05, 0.1) is 11.5 Å². The maximum atomic E-state index is 8.84. The third-order valence-corrected chi connectivity index (χ3v) is 3.37. The molecule has 0 radical (unpaired) electrons. The molecule has 2 heteroatoms. The van der Waals surface area contributed by atoms with E-state index in [0.29, 0.717) is 0 Å². The highest BCUT2D eigenvalue weighted by molar-refractivity contribution is 4.91. The Labute approximate surface area is 94.1 Å². The molecule has 0 aromatic heterocycles. The number of unbranched alkanes of at least 4 members (excludes halogenated alkanes) is 1. The van der Waals surface area contributed by atoms with Gasteiger partial charge in [-0.2, -0.15) is 5.26 Å². The van der Waals surface area contributed by atoms with Gasteiger partial charge in [0.1, 0.15) is 0 Å². The first-order valence-electron chi connectivity index (χ1n) is 6.26. The Balaban J connectivity index is 1.86. The third kappa shape index (κ3) is 5.18. The van der Waals surface area contributed by atoms with Crippen LogP contribution in [0.1, 0.15) is 52.4 Å². The molecule has 0 aromatic rings. The van der Waals surface area contributed by atoms with Gasteiger partial charge < -0.3 is 5.32 Å². The Hall–Kier alpha value is -0.550. The molecule has 0 aromatic carbocycles. The van der Waals surface area contributed by atoms with E-state index in [1.165, 1.54) is 32.2 Å². The fourth-order valence-corrected chi connectivity index (χ4v) is 1.88. The molecular weight excluding hydrogens is 184 g/mol. The standard InChI is InChI=1S/C13H24N2/c1-13(2,11-14)8-3-4-9-15-10-12-6-5-7-12/h12,15H,3-10H2,1-2H3. The van der Waals surface area contributed by atoms with E-state index in [0.717, 1.165) is 25.3 Å². The maximum absolute atomic E-state index is 8.84. The quantitative estimate of drug-likeness (QED) is 0.653. The summed E-state index contributed by atoms with van der Waals surface area (Å²) in [6.07, 6.45) is 7.68. The largest absolute Gasteiger partial charge is 0.316 e. The van der Waals surface area contributed by atoms with Crippen LogP contribution < -0.4 is 5.32 Å². The summed E-state index contributed by atoms with van der Waals surface area (Å²) >= 11 is 0. The highest BCUT2D eigenvalue weighted by Crippen LogP contribution is 2.25. The molecule has 0 saturated heterocycles. The van der Waals surface area contributed by atoms with Crippen molar-refractivity contribution in [3.8, 4) is 6.07 Å². The first kappa shape index (κ1) is 12.5. The van der Waals surface area contributed by atoms with Crippen molar-refractivity contribution in [3.05, 3.63) is 0 Å². The van der Waals surface area contributed by atoms with Crippen molar-refractivity contribution in [2.45, 2.75) is 52.4 Å². The zero-order valence-electron chi connectivity index (χ0n) is 10.2. The normalized spacial score (nSPS) is 17.1. The molecule has 1 aliphatic carbocycles. The van der Waals surface area contributed by atoms with Gasteiger partial charge in [0.15, 0.2) is 0 Å². The molecule has 1 fully saturated rings. The molecule has 0 heterocycles. The van der Waals surface area contributed by atoms with Gasteiger partial charge in [0, 0.05) is 0 Å². The number of nitrogens with zero attached hydrogens (tertiary/aromatic N) is 1. The number of rotatable bonds is 7. The van der Waals surface area contributed by atoms with E-state index in [1.54, 1.807) is 0 Å². The van der Waals surface area contributed by atoms with Gasteiger partial charge in [-0.05, 0) is 58.5 Å². The van der Waals surface area contributed by atoms with E-state index in [-0.39, 0.29) is 5.41 Å². The number of nitrogens with one attached hydrogen (secondary N) is 1. The summed E-state index contributed by atoms with van der Waals surface area (Å²) in [4.78, 5) is 0. The molecule has 0 bridgehead atoms. The molecule has 1 N–H and O–H groups in total. The molecule has 0 amide bonds. The average Bonchev–Trinajstić information content (AvgIpc) is 2.13. The molecule has 15 heavy (non-hydrogen) atoms. The van der Waals surface area contributed by atoms with Crippen LogP contribution >= 0.6 is 0 Å². The Morgan fingerprint density at radius 1 is 1.33 bits per heavy atom. The van der Waals surface area contributed by atoms with E-state index in [1.807, 2.05) is 13.8 Å². The van der Waals surface area contributed by atoms with E-state index < -0.39 is 0 Å². The van der Waals surface area contributed by atoms with Crippen molar-refractivity contribution in [1.29, 1.82) is 5.26 Å². The minimum absolute atomic E-state index is 0.131. The lowest BCUT2D eigenvalue weighted by atomic mass is 9.85. The van der Waals surface area contributed by atoms with Crippen LogP contribution in [0.4, 0.5) is 0 Å². The van der Waals surface area contributed by atoms with Crippen LogP contribution in [0, 0.1) is 22.7 Å². The predicted octanol–water partition coefficient (Wildman–Crippen LogP) is 3.10. The van der Waals surface area contributed by atoms with Gasteiger partial charge in [-0.15, -0.1) is 0 Å². The predicted molar refractivity (Wildman–Crippen MR) is 63.5 cm³/mol. The average molecular weight is 208 g/mol. The molecule has 2 nitrogen and oxygen atoms in total. The van der Waals surface area contributed by atoms with Crippen LogP contribution in [-0.4, -0.2) is 13.1 Å². The summed E-state index contributed by atoms with van der Waals surface area (Å²) < 4.78 is 0. The van der Waals surface area contributed by atoms with Crippen LogP contribution in [0.2, 0.25) is 0 Å². The fraction of sp³-hybridized carbons (Fsp3) is 0.923. The van der Waals surface area contributed by atoms with Crippen molar-refractivity contribution in [2.75, 3.05) is 13.1 Å². The van der Waals surface area contributed by atoms with Gasteiger partial charge in [-0.1, -0.05) is 12.8 Å². The first-order chi connectivity index (χ1) is 7.14. The summed E-state index contributed by atoms with van der Waals surface area (Å²) in [5, 5.41) is 12.4. The molecular formula is C13H24N2. The van der Waals surface area contributed by atoms with E-state index in [2.05, 4.69) is 11.4 Å². The third-order valence-electron chi connectivity index (χ3n) is 3.37. The Bertz CT molecular complexity index is 211. The second-order valence-electron chi connectivity index (χ2n) is 5.45. The van der Waals surface area contributed by atoms with E-state index in [9.17, 15) is 0 Å². The summed E-state index contributed by atoms with van der Waals surface area (Å²) in [5.74, 6) is 0.959. The van der Waals surface area contributed by atoms with Crippen molar-refractivity contribution in [1.82, 2.24) is 5.32 Å². The minimum Gasteiger partial charge on any atom is -0.316 e. The van der Waals surface area contributed by atoms with Gasteiger partial charge in [0.2, 0.25) is 0 Å². The topological polar surface area (TPSA) is 35.8 Å². The summed E-state index contributed by atoms with van der Waals surface area (Å²) in [5.41, 5.74) is -0.131. The molecule has 0 atom stereocenters. The van der Waals surface area contributed by atoms with Crippen LogP contribution in [0.3, 0.4) is 0 Å². The molecule has 0 unspecified atom stereocenters. The van der Waals surface area contributed by atoms with Crippen LogP contribution in [-0.2, 0) is 0 Å². The van der Waals surface area contributed by atoms with Crippen molar-refractivity contribution in [3.63, 3.8) is 0 Å². The lowest BCUT2D eigenvalue weighted by Crippen LogP contribution is -2.28. The summed E-state index contributed by atoms with van der Waals surface area (Å²) in [6.45, 7) is 6.38. The summed E-state index contributed by atoms with van der Waals surface area (Å²) in [6, 6.07) is 2.35. The number of hydrogen-bond donors (Lipinski definition) is 1. The van der Waals surface area contributed by atoms with Crippen molar-refractivity contribution >= 4 is 0 Å². The number of nitriles is 1. The second-order valence-corrected chi connectivity index (χ2v) is 5.45. The van der Waals surface area contributed by atoms with Gasteiger partial charge in [-0.25, -0.2) is 0 Å². The highest BCUT2D eigenvalue weighted by atomic mass is 14.9. The zero-order valence-corrected chi connectivity index (χ0v) is 10.2. The molecule has 86 valence electrons. The minimum atomic E-state index is -0.131. The van der Waals surface area contributed by atoms with Crippen molar-refractivity contribution in [2.24, 2.45) is 11.3 Å². The van der Waals surface area contributed by atoms with Crippen LogP contribution in [0.15, 0.2) is 0 Å². The fourth-order valence-electron chi connectivity index (χ4n) is 1.88. The van der Waals surface area contributed by atoms with Crippen LogP contribution in [0.25, 0.3) is 0 Å².